The molecule has 0 fully saturated rings. The maximum Gasteiger partial charge on any atom is 0.250 e. The second-order valence-corrected chi connectivity index (χ2v) is 3.09. The number of aliphatic hydroxyl groups excluding tert-OH is 1. The topological polar surface area (TPSA) is 49.3 Å². The van der Waals surface area contributed by atoms with E-state index >= 15 is 0 Å². The summed E-state index contributed by atoms with van der Waals surface area (Å²) in [5.41, 5.74) is 1.90. The lowest BCUT2D eigenvalue weighted by Gasteiger charge is -2.05. The predicted molar refractivity (Wildman–Crippen MR) is 55.8 cm³/mol. The summed E-state index contributed by atoms with van der Waals surface area (Å²) in [4.78, 5) is 11.2. The molecule has 1 rings (SSSR count). The second-order valence-electron chi connectivity index (χ2n) is 3.09. The van der Waals surface area contributed by atoms with Gasteiger partial charge in [0.25, 0.3) is 5.91 Å². The van der Waals surface area contributed by atoms with E-state index < -0.39 is 0 Å². The molecule has 0 unspecified atom stereocenters. The first-order valence-corrected chi connectivity index (χ1v) is 4.30. The minimum absolute atomic E-state index is 0.0310. The standard InChI is InChI=1S/C11H13NO2/c1-8(2)11(14)12-10-5-3-4-9(6-10)7-13/h3-6,13H,1,7H2,2H3,(H,12,14). The van der Waals surface area contributed by atoms with Crippen molar-refractivity contribution >= 4 is 11.6 Å². The quantitative estimate of drug-likeness (QED) is 0.714. The molecule has 0 spiro atoms. The zero-order chi connectivity index (χ0) is 10.6. The lowest BCUT2D eigenvalue weighted by Crippen LogP contribution is -2.11. The molecule has 3 nitrogen and oxygen atoms in total. The van der Waals surface area contributed by atoms with Gasteiger partial charge in [-0.3, -0.25) is 4.79 Å². The summed E-state index contributed by atoms with van der Waals surface area (Å²) < 4.78 is 0. The first kappa shape index (κ1) is 10.5. The van der Waals surface area contributed by atoms with E-state index in [1.165, 1.54) is 0 Å². The molecule has 1 aromatic rings. The summed E-state index contributed by atoms with van der Waals surface area (Å²) in [7, 11) is 0. The van der Waals surface area contributed by atoms with Crippen LogP contribution in [-0.2, 0) is 11.4 Å². The van der Waals surface area contributed by atoms with Crippen LogP contribution in [0.15, 0.2) is 36.4 Å². The Balaban J connectivity index is 2.76. The molecule has 0 bridgehead atoms. The summed E-state index contributed by atoms with van der Waals surface area (Å²) in [6, 6.07) is 7.05. The van der Waals surface area contributed by atoms with Crippen molar-refractivity contribution in [3.8, 4) is 0 Å². The van der Waals surface area contributed by atoms with Crippen molar-refractivity contribution in [3.05, 3.63) is 42.0 Å². The van der Waals surface area contributed by atoms with Crippen LogP contribution in [0.25, 0.3) is 0 Å². The van der Waals surface area contributed by atoms with Crippen molar-refractivity contribution in [2.45, 2.75) is 13.5 Å². The van der Waals surface area contributed by atoms with E-state index in [1.54, 1.807) is 31.2 Å². The largest absolute Gasteiger partial charge is 0.392 e. The third kappa shape index (κ3) is 2.71. The number of hydrogen-bond donors (Lipinski definition) is 2. The molecular weight excluding hydrogens is 178 g/mol. The van der Waals surface area contributed by atoms with Crippen LogP contribution in [-0.4, -0.2) is 11.0 Å². The molecule has 0 radical (unpaired) electrons. The number of hydrogen-bond acceptors (Lipinski definition) is 2. The van der Waals surface area contributed by atoms with Gasteiger partial charge in [0.15, 0.2) is 0 Å². The summed E-state index contributed by atoms with van der Waals surface area (Å²) in [6.07, 6.45) is 0. The molecule has 0 aliphatic rings. The number of carbonyl (C=O) groups is 1. The zero-order valence-electron chi connectivity index (χ0n) is 8.08. The molecule has 1 amide bonds. The highest BCUT2D eigenvalue weighted by atomic mass is 16.3. The predicted octanol–water partition coefficient (Wildman–Crippen LogP) is 1.69. The van der Waals surface area contributed by atoms with Gasteiger partial charge in [0.05, 0.1) is 6.61 Å². The Morgan fingerprint density at radius 2 is 2.29 bits per heavy atom. The maximum absolute atomic E-state index is 11.2. The fourth-order valence-electron chi connectivity index (χ4n) is 0.985. The highest BCUT2D eigenvalue weighted by Crippen LogP contribution is 2.11. The van der Waals surface area contributed by atoms with E-state index in [0.717, 1.165) is 5.56 Å². The number of carbonyl (C=O) groups excluding carboxylic acids is 1. The van der Waals surface area contributed by atoms with Crippen molar-refractivity contribution in [3.63, 3.8) is 0 Å². The molecule has 0 aliphatic carbocycles. The van der Waals surface area contributed by atoms with Gasteiger partial charge in [-0.15, -0.1) is 0 Å². The van der Waals surface area contributed by atoms with E-state index in [4.69, 9.17) is 5.11 Å². The van der Waals surface area contributed by atoms with Gasteiger partial charge in [0.2, 0.25) is 0 Å². The Kier molecular flexibility index (Phi) is 3.42. The van der Waals surface area contributed by atoms with Crippen LogP contribution >= 0.6 is 0 Å². The lowest BCUT2D eigenvalue weighted by atomic mass is 10.2. The maximum atomic E-state index is 11.2. The van der Waals surface area contributed by atoms with Crippen LogP contribution < -0.4 is 5.32 Å². The molecule has 0 aromatic heterocycles. The van der Waals surface area contributed by atoms with Gasteiger partial charge in [-0.2, -0.15) is 0 Å². The van der Waals surface area contributed by atoms with Gasteiger partial charge >= 0.3 is 0 Å². The van der Waals surface area contributed by atoms with E-state index in [0.29, 0.717) is 11.3 Å². The van der Waals surface area contributed by atoms with Crippen molar-refractivity contribution in [2.24, 2.45) is 0 Å². The zero-order valence-corrected chi connectivity index (χ0v) is 8.08. The molecule has 0 saturated heterocycles. The molecule has 74 valence electrons. The summed E-state index contributed by atoms with van der Waals surface area (Å²) in [5.74, 6) is -0.208. The number of aliphatic hydroxyl groups is 1. The molecule has 3 heteroatoms. The SMILES string of the molecule is C=C(C)C(=O)Nc1cccc(CO)c1. The normalized spacial score (nSPS) is 9.57. The molecule has 2 N–H and O–H groups in total. The van der Waals surface area contributed by atoms with Crippen LogP contribution in [0.2, 0.25) is 0 Å². The fourth-order valence-corrected chi connectivity index (χ4v) is 0.985. The summed E-state index contributed by atoms with van der Waals surface area (Å²) in [6.45, 7) is 5.15. The Morgan fingerprint density at radius 3 is 2.86 bits per heavy atom. The van der Waals surface area contributed by atoms with Crippen LogP contribution in [0.4, 0.5) is 5.69 Å². The van der Waals surface area contributed by atoms with Gasteiger partial charge in [-0.05, 0) is 24.6 Å². The van der Waals surface area contributed by atoms with Crippen molar-refractivity contribution in [1.29, 1.82) is 0 Å². The Labute approximate surface area is 83.1 Å². The second kappa shape index (κ2) is 4.58. The van der Waals surface area contributed by atoms with E-state index in [2.05, 4.69) is 11.9 Å². The number of rotatable bonds is 3. The monoisotopic (exact) mass is 191 g/mol. The van der Waals surface area contributed by atoms with Crippen LogP contribution in [0.3, 0.4) is 0 Å². The van der Waals surface area contributed by atoms with E-state index in [9.17, 15) is 4.79 Å². The average molecular weight is 191 g/mol. The van der Waals surface area contributed by atoms with Crippen molar-refractivity contribution in [1.82, 2.24) is 0 Å². The third-order valence-corrected chi connectivity index (χ3v) is 1.76. The van der Waals surface area contributed by atoms with Gasteiger partial charge in [0, 0.05) is 11.3 Å². The van der Waals surface area contributed by atoms with Gasteiger partial charge < -0.3 is 10.4 Å². The molecule has 0 aliphatic heterocycles. The highest BCUT2D eigenvalue weighted by Gasteiger charge is 2.02. The Hall–Kier alpha value is -1.61. The molecule has 14 heavy (non-hydrogen) atoms. The number of amides is 1. The first-order valence-electron chi connectivity index (χ1n) is 4.30. The average Bonchev–Trinajstić information content (AvgIpc) is 2.18. The Bertz CT molecular complexity index is 358. The molecule has 1 aromatic carbocycles. The fraction of sp³-hybridized carbons (Fsp3) is 0.182. The minimum Gasteiger partial charge on any atom is -0.392 e. The summed E-state index contributed by atoms with van der Waals surface area (Å²) in [5, 5.41) is 11.5. The number of nitrogens with one attached hydrogen (secondary N) is 1. The first-order chi connectivity index (χ1) is 6.63. The smallest absolute Gasteiger partial charge is 0.250 e. The van der Waals surface area contributed by atoms with Gasteiger partial charge in [-0.25, -0.2) is 0 Å². The Morgan fingerprint density at radius 1 is 1.57 bits per heavy atom. The van der Waals surface area contributed by atoms with Crippen LogP contribution in [0.1, 0.15) is 12.5 Å². The number of benzene rings is 1. The van der Waals surface area contributed by atoms with E-state index in [-0.39, 0.29) is 12.5 Å². The van der Waals surface area contributed by atoms with Gasteiger partial charge in [0.1, 0.15) is 0 Å². The van der Waals surface area contributed by atoms with Crippen molar-refractivity contribution in [2.75, 3.05) is 5.32 Å². The van der Waals surface area contributed by atoms with Gasteiger partial charge in [-0.1, -0.05) is 18.7 Å². The lowest BCUT2D eigenvalue weighted by molar-refractivity contribution is -0.112. The van der Waals surface area contributed by atoms with Crippen LogP contribution in [0.5, 0.6) is 0 Å². The molecule has 0 saturated carbocycles. The van der Waals surface area contributed by atoms with Crippen molar-refractivity contribution < 1.29 is 9.90 Å². The molecule has 0 atom stereocenters. The third-order valence-electron chi connectivity index (χ3n) is 1.76. The minimum atomic E-state index is -0.208. The highest BCUT2D eigenvalue weighted by molar-refractivity contribution is 6.02. The molecule has 0 heterocycles. The summed E-state index contributed by atoms with van der Waals surface area (Å²) >= 11 is 0. The van der Waals surface area contributed by atoms with Crippen LogP contribution in [0, 0.1) is 0 Å². The number of anilines is 1. The van der Waals surface area contributed by atoms with E-state index in [1.807, 2.05) is 0 Å². The molecular formula is C11H13NO2.